The van der Waals surface area contributed by atoms with Crippen LogP contribution in [0.15, 0.2) is 72.8 Å². The summed E-state index contributed by atoms with van der Waals surface area (Å²) in [5.74, 6) is 1.70. The van der Waals surface area contributed by atoms with Crippen LogP contribution in [0.1, 0.15) is 61.9 Å². The molecule has 1 aliphatic carbocycles. The zero-order valence-electron chi connectivity index (χ0n) is 26.1. The molecule has 0 bridgehead atoms. The summed E-state index contributed by atoms with van der Waals surface area (Å²) in [6.45, 7) is 5.54. The summed E-state index contributed by atoms with van der Waals surface area (Å²) in [5.41, 5.74) is 2.07. The largest absolute Gasteiger partial charge is 0.486 e. The number of aliphatic hydroxyl groups is 1. The van der Waals surface area contributed by atoms with Crippen LogP contribution in [-0.4, -0.2) is 65.6 Å². The number of hydrogen-bond acceptors (Lipinski definition) is 6. The van der Waals surface area contributed by atoms with Crippen LogP contribution in [-0.2, 0) is 11.3 Å². The maximum atomic E-state index is 13.8. The molecule has 5 rings (SSSR count). The van der Waals surface area contributed by atoms with Crippen molar-refractivity contribution in [2.75, 3.05) is 32.1 Å². The standard InChI is InChI=1S/C36H45N3O5/c1-25-21-39(26(2)24-40)36(42)31-15-10-16-32(37-35(41)28-11-6-4-7-12-28)34(31)44-33(25)23-38(3)22-27-17-19-30(20-18-27)43-29-13-8-5-9-14-29/h5,8-10,13-20,25-26,28,33,40H,4,6-7,11-12,21-24H2,1-3H3,(H,37,41)/t25-,26-,33+/m0/s1. The van der Waals surface area contributed by atoms with E-state index < -0.39 is 0 Å². The number of para-hydroxylation sites is 2. The van der Waals surface area contributed by atoms with Gasteiger partial charge < -0.3 is 24.8 Å². The Kier molecular flexibility index (Phi) is 10.6. The van der Waals surface area contributed by atoms with Gasteiger partial charge in [0.05, 0.1) is 23.9 Å². The second-order valence-electron chi connectivity index (χ2n) is 12.4. The fourth-order valence-electron chi connectivity index (χ4n) is 6.13. The van der Waals surface area contributed by atoms with Crippen molar-refractivity contribution >= 4 is 17.5 Å². The summed E-state index contributed by atoms with van der Waals surface area (Å²) in [6, 6.07) is 22.8. The highest BCUT2D eigenvalue weighted by atomic mass is 16.5. The first kappa shape index (κ1) is 31.5. The van der Waals surface area contributed by atoms with Gasteiger partial charge in [0.25, 0.3) is 5.91 Å². The van der Waals surface area contributed by atoms with Crippen LogP contribution in [0.5, 0.6) is 17.2 Å². The normalized spacial score (nSPS) is 19.8. The summed E-state index contributed by atoms with van der Waals surface area (Å²) >= 11 is 0. The number of hydrogen-bond donors (Lipinski definition) is 2. The van der Waals surface area contributed by atoms with Crippen molar-refractivity contribution in [3.8, 4) is 17.2 Å². The van der Waals surface area contributed by atoms with Gasteiger partial charge in [-0.3, -0.25) is 14.5 Å². The quantitative estimate of drug-likeness (QED) is 0.282. The minimum absolute atomic E-state index is 0.0156. The van der Waals surface area contributed by atoms with Crippen LogP contribution in [0.4, 0.5) is 5.69 Å². The molecule has 0 aromatic heterocycles. The van der Waals surface area contributed by atoms with Crippen molar-refractivity contribution in [2.45, 2.75) is 64.6 Å². The number of ether oxygens (including phenoxy) is 2. The molecule has 3 atom stereocenters. The number of rotatable bonds is 10. The van der Waals surface area contributed by atoms with Gasteiger partial charge in [0.2, 0.25) is 5.91 Å². The highest BCUT2D eigenvalue weighted by molar-refractivity contribution is 6.02. The molecule has 1 fully saturated rings. The average Bonchev–Trinajstić information content (AvgIpc) is 3.04. The molecule has 0 radical (unpaired) electrons. The Labute approximate surface area is 261 Å². The number of nitrogens with one attached hydrogen (secondary N) is 1. The minimum atomic E-state index is -0.355. The summed E-state index contributed by atoms with van der Waals surface area (Å²) in [7, 11) is 2.06. The number of nitrogens with zero attached hydrogens (tertiary/aromatic N) is 2. The maximum absolute atomic E-state index is 13.8. The number of aliphatic hydroxyl groups excluding tert-OH is 1. The number of carbonyl (C=O) groups excluding carboxylic acids is 2. The summed E-state index contributed by atoms with van der Waals surface area (Å²) in [5, 5.41) is 13.1. The van der Waals surface area contributed by atoms with Crippen LogP contribution in [0.2, 0.25) is 0 Å². The lowest BCUT2D eigenvalue weighted by molar-refractivity contribution is -0.120. The molecule has 0 saturated heterocycles. The molecule has 2 amide bonds. The average molecular weight is 600 g/mol. The molecule has 234 valence electrons. The Bertz CT molecular complexity index is 1390. The van der Waals surface area contributed by atoms with Gasteiger partial charge in [0, 0.05) is 31.5 Å². The predicted molar refractivity (Wildman–Crippen MR) is 172 cm³/mol. The van der Waals surface area contributed by atoms with Crippen molar-refractivity contribution in [3.05, 3.63) is 83.9 Å². The molecule has 1 aliphatic heterocycles. The smallest absolute Gasteiger partial charge is 0.258 e. The Balaban J connectivity index is 1.34. The maximum Gasteiger partial charge on any atom is 0.258 e. The van der Waals surface area contributed by atoms with Gasteiger partial charge in [-0.15, -0.1) is 0 Å². The topological polar surface area (TPSA) is 91.3 Å². The molecule has 0 unspecified atom stereocenters. The molecule has 3 aromatic carbocycles. The van der Waals surface area contributed by atoms with E-state index in [0.717, 1.165) is 42.7 Å². The molecule has 1 heterocycles. The Morgan fingerprint density at radius 1 is 1.02 bits per heavy atom. The van der Waals surface area contributed by atoms with E-state index in [-0.39, 0.29) is 42.4 Å². The second kappa shape index (κ2) is 14.7. The molecule has 2 aliphatic rings. The second-order valence-corrected chi connectivity index (χ2v) is 12.4. The SMILES string of the molecule is C[C@H]1CN([C@@H](C)CO)C(=O)c2cccc(NC(=O)C3CCCCC3)c2O[C@@H]1CN(C)Cc1ccc(Oc2ccccc2)cc1. The van der Waals surface area contributed by atoms with Crippen molar-refractivity contribution < 1.29 is 24.2 Å². The lowest BCUT2D eigenvalue weighted by atomic mass is 9.88. The van der Waals surface area contributed by atoms with Gasteiger partial charge in [-0.2, -0.15) is 0 Å². The zero-order valence-corrected chi connectivity index (χ0v) is 26.1. The van der Waals surface area contributed by atoms with Crippen LogP contribution in [0, 0.1) is 11.8 Å². The Morgan fingerprint density at radius 2 is 1.73 bits per heavy atom. The first-order valence-electron chi connectivity index (χ1n) is 15.8. The minimum Gasteiger partial charge on any atom is -0.486 e. The predicted octanol–water partition coefficient (Wildman–Crippen LogP) is 6.35. The van der Waals surface area contributed by atoms with Gasteiger partial charge in [0.1, 0.15) is 17.6 Å². The van der Waals surface area contributed by atoms with E-state index in [1.54, 1.807) is 17.0 Å². The molecule has 0 spiro atoms. The zero-order chi connectivity index (χ0) is 31.1. The third-order valence-corrected chi connectivity index (χ3v) is 8.77. The monoisotopic (exact) mass is 599 g/mol. The molecule has 1 saturated carbocycles. The van der Waals surface area contributed by atoms with Gasteiger partial charge in [-0.05, 0) is 68.8 Å². The van der Waals surface area contributed by atoms with E-state index in [4.69, 9.17) is 9.47 Å². The van der Waals surface area contributed by atoms with Crippen LogP contribution in [0.3, 0.4) is 0 Å². The highest BCUT2D eigenvalue weighted by Crippen LogP contribution is 2.36. The summed E-state index contributed by atoms with van der Waals surface area (Å²) in [6.07, 6.45) is 4.78. The van der Waals surface area contributed by atoms with Crippen molar-refractivity contribution in [3.63, 3.8) is 0 Å². The van der Waals surface area contributed by atoms with Crippen molar-refractivity contribution in [1.29, 1.82) is 0 Å². The van der Waals surface area contributed by atoms with E-state index in [2.05, 4.69) is 36.3 Å². The number of anilines is 1. The summed E-state index contributed by atoms with van der Waals surface area (Å²) < 4.78 is 12.7. The molecule has 8 heteroatoms. The fourth-order valence-corrected chi connectivity index (χ4v) is 6.13. The lowest BCUT2D eigenvalue weighted by Gasteiger charge is -2.38. The number of likely N-dealkylation sites (N-methyl/N-ethyl adjacent to an activating group) is 1. The first-order valence-corrected chi connectivity index (χ1v) is 15.8. The molecular weight excluding hydrogens is 554 g/mol. The number of benzene rings is 3. The van der Waals surface area contributed by atoms with Gasteiger partial charge in [0.15, 0.2) is 5.75 Å². The van der Waals surface area contributed by atoms with E-state index in [9.17, 15) is 14.7 Å². The first-order chi connectivity index (χ1) is 21.3. The third kappa shape index (κ3) is 7.79. The number of fused-ring (bicyclic) bond motifs is 1. The van der Waals surface area contributed by atoms with Gasteiger partial charge >= 0.3 is 0 Å². The van der Waals surface area contributed by atoms with Crippen molar-refractivity contribution in [2.24, 2.45) is 11.8 Å². The van der Waals surface area contributed by atoms with Crippen LogP contribution in [0.25, 0.3) is 0 Å². The van der Waals surface area contributed by atoms with Gasteiger partial charge in [-0.25, -0.2) is 0 Å². The van der Waals surface area contributed by atoms with E-state index in [1.807, 2.05) is 55.5 Å². The van der Waals surface area contributed by atoms with Crippen LogP contribution >= 0.6 is 0 Å². The highest BCUT2D eigenvalue weighted by Gasteiger charge is 2.35. The number of amides is 2. The van der Waals surface area contributed by atoms with Crippen LogP contribution < -0.4 is 14.8 Å². The molecule has 3 aromatic rings. The Morgan fingerprint density at radius 3 is 2.43 bits per heavy atom. The number of carbonyl (C=O) groups is 2. The third-order valence-electron chi connectivity index (χ3n) is 8.77. The Hall–Kier alpha value is -3.88. The molecule has 2 N–H and O–H groups in total. The van der Waals surface area contributed by atoms with E-state index >= 15 is 0 Å². The lowest BCUT2D eigenvalue weighted by Crippen LogP contribution is -2.49. The molecular formula is C36H45N3O5. The molecule has 44 heavy (non-hydrogen) atoms. The summed E-state index contributed by atoms with van der Waals surface area (Å²) in [4.78, 5) is 31.0. The molecule has 8 nitrogen and oxygen atoms in total. The van der Waals surface area contributed by atoms with E-state index in [1.165, 1.54) is 6.42 Å². The van der Waals surface area contributed by atoms with Gasteiger partial charge in [-0.1, -0.05) is 62.6 Å². The fraction of sp³-hybridized carbons (Fsp3) is 0.444. The van der Waals surface area contributed by atoms with Crippen molar-refractivity contribution in [1.82, 2.24) is 9.80 Å². The van der Waals surface area contributed by atoms with E-state index in [0.29, 0.717) is 36.6 Å².